The second-order valence-corrected chi connectivity index (χ2v) is 6.82. The van der Waals surface area contributed by atoms with Crippen LogP contribution in [0.2, 0.25) is 0 Å². The summed E-state index contributed by atoms with van der Waals surface area (Å²) >= 11 is 0. The smallest absolute Gasteiger partial charge is 0.262 e. The molecule has 1 aromatic heterocycles. The van der Waals surface area contributed by atoms with Crippen LogP contribution in [0.4, 0.5) is 5.69 Å². The molecule has 4 rings (SSSR count). The number of carbonyl (C=O) groups excluding carboxylic acids is 1. The zero-order valence-corrected chi connectivity index (χ0v) is 17.8. The van der Waals surface area contributed by atoms with Crippen LogP contribution in [-0.2, 0) is 4.79 Å². The van der Waals surface area contributed by atoms with Crippen molar-refractivity contribution in [3.63, 3.8) is 0 Å². The summed E-state index contributed by atoms with van der Waals surface area (Å²) in [6.45, 7) is 1.46. The fraction of sp³-hybridized carbons (Fsp3) is 0.125. The standard InChI is InChI=1S/C24H21N3O5/c1-15(28)25-17-6-10-19(11-7-17)31-18-8-4-16(5-9-18)23-26-24(32-27-23)21-13-12-20(29-2)14-22(21)30-3/h4-14H,1-3H3,(H,25,28). The highest BCUT2D eigenvalue weighted by atomic mass is 16.5. The minimum Gasteiger partial charge on any atom is -0.497 e. The molecule has 0 unspecified atom stereocenters. The van der Waals surface area contributed by atoms with Gasteiger partial charge < -0.3 is 24.1 Å². The normalized spacial score (nSPS) is 10.5. The molecule has 1 N–H and O–H groups in total. The van der Waals surface area contributed by atoms with Crippen molar-refractivity contribution in [2.24, 2.45) is 0 Å². The van der Waals surface area contributed by atoms with Crippen LogP contribution in [0.1, 0.15) is 6.92 Å². The Morgan fingerprint density at radius 3 is 2.16 bits per heavy atom. The molecule has 0 atom stereocenters. The summed E-state index contributed by atoms with van der Waals surface area (Å²) < 4.78 is 21.9. The maximum absolute atomic E-state index is 11.1. The third-order valence-electron chi connectivity index (χ3n) is 4.59. The summed E-state index contributed by atoms with van der Waals surface area (Å²) in [5, 5.41) is 6.80. The molecule has 3 aromatic carbocycles. The summed E-state index contributed by atoms with van der Waals surface area (Å²) in [5.74, 6) is 3.23. The first-order valence-corrected chi connectivity index (χ1v) is 9.78. The molecule has 0 aliphatic heterocycles. The first-order valence-electron chi connectivity index (χ1n) is 9.78. The van der Waals surface area contributed by atoms with Crippen molar-refractivity contribution in [3.8, 4) is 45.8 Å². The zero-order valence-electron chi connectivity index (χ0n) is 17.8. The Morgan fingerprint density at radius 2 is 1.53 bits per heavy atom. The lowest BCUT2D eigenvalue weighted by molar-refractivity contribution is -0.114. The molecule has 32 heavy (non-hydrogen) atoms. The van der Waals surface area contributed by atoms with Crippen molar-refractivity contribution >= 4 is 11.6 Å². The molecule has 162 valence electrons. The second-order valence-electron chi connectivity index (χ2n) is 6.82. The molecule has 0 aliphatic carbocycles. The lowest BCUT2D eigenvalue weighted by Gasteiger charge is -2.07. The number of rotatable bonds is 7. The largest absolute Gasteiger partial charge is 0.497 e. The SMILES string of the molecule is COc1ccc(-c2nc(-c3ccc(Oc4ccc(NC(C)=O)cc4)cc3)no2)c(OC)c1. The number of amides is 1. The summed E-state index contributed by atoms with van der Waals surface area (Å²) in [6, 6.07) is 19.8. The molecule has 8 heteroatoms. The fourth-order valence-corrected chi connectivity index (χ4v) is 3.04. The van der Waals surface area contributed by atoms with E-state index in [1.807, 2.05) is 30.3 Å². The van der Waals surface area contributed by atoms with E-state index in [-0.39, 0.29) is 5.91 Å². The Balaban J connectivity index is 1.48. The summed E-state index contributed by atoms with van der Waals surface area (Å²) in [5.41, 5.74) is 2.16. The molecule has 1 amide bonds. The van der Waals surface area contributed by atoms with Gasteiger partial charge in [0.15, 0.2) is 0 Å². The molecule has 0 fully saturated rings. The average molecular weight is 431 g/mol. The van der Waals surface area contributed by atoms with Crippen LogP contribution in [0.25, 0.3) is 22.8 Å². The summed E-state index contributed by atoms with van der Waals surface area (Å²) in [4.78, 5) is 15.6. The van der Waals surface area contributed by atoms with Crippen molar-refractivity contribution in [2.45, 2.75) is 6.92 Å². The Hall–Kier alpha value is -4.33. The van der Waals surface area contributed by atoms with Gasteiger partial charge in [0.2, 0.25) is 11.7 Å². The minimum atomic E-state index is -0.121. The molecule has 4 aromatic rings. The molecule has 0 radical (unpaired) electrons. The third-order valence-corrected chi connectivity index (χ3v) is 4.59. The first-order chi connectivity index (χ1) is 15.6. The predicted molar refractivity (Wildman–Crippen MR) is 119 cm³/mol. The Kier molecular flexibility index (Phi) is 6.03. The lowest BCUT2D eigenvalue weighted by Crippen LogP contribution is -2.05. The fourth-order valence-electron chi connectivity index (χ4n) is 3.04. The molecular weight excluding hydrogens is 410 g/mol. The number of benzene rings is 3. The molecule has 8 nitrogen and oxygen atoms in total. The van der Waals surface area contributed by atoms with E-state index in [2.05, 4.69) is 15.5 Å². The molecule has 0 spiro atoms. The number of nitrogens with one attached hydrogen (secondary N) is 1. The number of anilines is 1. The van der Waals surface area contributed by atoms with Gasteiger partial charge in [0.25, 0.3) is 5.89 Å². The average Bonchev–Trinajstić information content (AvgIpc) is 3.30. The minimum absolute atomic E-state index is 0.121. The van der Waals surface area contributed by atoms with Gasteiger partial charge in [-0.15, -0.1) is 0 Å². The molecule has 0 aliphatic rings. The number of hydrogen-bond donors (Lipinski definition) is 1. The van der Waals surface area contributed by atoms with Crippen molar-refractivity contribution in [1.82, 2.24) is 10.1 Å². The van der Waals surface area contributed by atoms with Gasteiger partial charge in [-0.3, -0.25) is 4.79 Å². The van der Waals surface area contributed by atoms with Crippen LogP contribution in [-0.4, -0.2) is 30.3 Å². The second kappa shape index (κ2) is 9.22. The van der Waals surface area contributed by atoms with Gasteiger partial charge >= 0.3 is 0 Å². The highest BCUT2D eigenvalue weighted by Gasteiger charge is 2.16. The van der Waals surface area contributed by atoms with Crippen LogP contribution in [0.5, 0.6) is 23.0 Å². The van der Waals surface area contributed by atoms with Crippen LogP contribution in [0.3, 0.4) is 0 Å². The van der Waals surface area contributed by atoms with Gasteiger partial charge in [-0.25, -0.2) is 0 Å². The molecule has 0 saturated carbocycles. The van der Waals surface area contributed by atoms with Gasteiger partial charge in [0, 0.05) is 24.2 Å². The van der Waals surface area contributed by atoms with E-state index < -0.39 is 0 Å². The summed E-state index contributed by atoms with van der Waals surface area (Å²) in [6.07, 6.45) is 0. The summed E-state index contributed by atoms with van der Waals surface area (Å²) in [7, 11) is 3.16. The maximum atomic E-state index is 11.1. The first kappa shape index (κ1) is 20.9. The number of hydrogen-bond acceptors (Lipinski definition) is 7. The maximum Gasteiger partial charge on any atom is 0.262 e. The van der Waals surface area contributed by atoms with E-state index in [1.165, 1.54) is 6.92 Å². The van der Waals surface area contributed by atoms with E-state index in [1.54, 1.807) is 50.6 Å². The topological polar surface area (TPSA) is 95.7 Å². The van der Waals surface area contributed by atoms with E-state index in [9.17, 15) is 4.79 Å². The lowest BCUT2D eigenvalue weighted by atomic mass is 10.2. The van der Waals surface area contributed by atoms with Gasteiger partial charge in [-0.2, -0.15) is 4.98 Å². The van der Waals surface area contributed by atoms with E-state index in [4.69, 9.17) is 18.7 Å². The van der Waals surface area contributed by atoms with Crippen LogP contribution in [0, 0.1) is 0 Å². The van der Waals surface area contributed by atoms with Gasteiger partial charge in [0.1, 0.15) is 23.0 Å². The van der Waals surface area contributed by atoms with Crippen molar-refractivity contribution in [2.75, 3.05) is 19.5 Å². The van der Waals surface area contributed by atoms with Gasteiger partial charge in [0.05, 0.1) is 19.8 Å². The van der Waals surface area contributed by atoms with Crippen LogP contribution >= 0.6 is 0 Å². The van der Waals surface area contributed by atoms with Crippen molar-refractivity contribution in [3.05, 3.63) is 66.7 Å². The Morgan fingerprint density at radius 1 is 0.875 bits per heavy atom. The van der Waals surface area contributed by atoms with Crippen molar-refractivity contribution in [1.29, 1.82) is 0 Å². The highest BCUT2D eigenvalue weighted by molar-refractivity contribution is 5.88. The van der Waals surface area contributed by atoms with Gasteiger partial charge in [-0.1, -0.05) is 5.16 Å². The van der Waals surface area contributed by atoms with E-state index in [0.29, 0.717) is 46.0 Å². The Labute approximate surface area is 184 Å². The van der Waals surface area contributed by atoms with Gasteiger partial charge in [-0.05, 0) is 60.7 Å². The monoisotopic (exact) mass is 431 g/mol. The number of methoxy groups -OCH3 is 2. The number of aromatic nitrogens is 2. The molecule has 0 saturated heterocycles. The number of ether oxygens (including phenoxy) is 3. The van der Waals surface area contributed by atoms with Crippen molar-refractivity contribution < 1.29 is 23.5 Å². The zero-order chi connectivity index (χ0) is 22.5. The van der Waals surface area contributed by atoms with Crippen LogP contribution < -0.4 is 19.5 Å². The molecular formula is C24H21N3O5. The number of nitrogens with zero attached hydrogens (tertiary/aromatic N) is 2. The van der Waals surface area contributed by atoms with E-state index in [0.717, 1.165) is 5.56 Å². The molecule has 0 bridgehead atoms. The molecule has 1 heterocycles. The number of carbonyl (C=O) groups is 1. The van der Waals surface area contributed by atoms with Crippen LogP contribution in [0.15, 0.2) is 71.3 Å². The Bertz CT molecular complexity index is 1220. The quantitative estimate of drug-likeness (QED) is 0.431. The third kappa shape index (κ3) is 4.70. The predicted octanol–water partition coefficient (Wildman–Crippen LogP) is 5.17. The van der Waals surface area contributed by atoms with E-state index >= 15 is 0 Å². The highest BCUT2D eigenvalue weighted by Crippen LogP contribution is 2.33.